The quantitative estimate of drug-likeness (QED) is 0.492. The Morgan fingerprint density at radius 3 is 2.53 bits per heavy atom. The average molecular weight is 523 g/mol. The van der Waals surface area contributed by atoms with Gasteiger partial charge < -0.3 is 9.80 Å². The van der Waals surface area contributed by atoms with Crippen molar-refractivity contribution in [3.05, 3.63) is 89.7 Å². The first-order chi connectivity index (χ1) is 18.2. The number of H-pyrrole nitrogens is 1. The topological polar surface area (TPSA) is 51.3 Å². The van der Waals surface area contributed by atoms with Crippen molar-refractivity contribution in [2.24, 2.45) is 0 Å². The van der Waals surface area contributed by atoms with E-state index in [0.717, 1.165) is 68.7 Å². The number of alkyl halides is 3. The SMILES string of the molecule is C=C1N2C=C(C(C)N3CCCCC3)C=C(C(F)(F)F)C2=CN1c1cccc(C2(Cc3ncn[nH]3)CCC2)c1. The number of nitrogens with one attached hydrogen (secondary N) is 1. The number of anilines is 1. The van der Waals surface area contributed by atoms with Crippen molar-refractivity contribution >= 4 is 5.69 Å². The van der Waals surface area contributed by atoms with E-state index in [1.807, 2.05) is 25.3 Å². The fraction of sp³-hybridized carbons (Fsp3) is 0.448. The van der Waals surface area contributed by atoms with E-state index in [1.54, 1.807) is 16.0 Å². The maximum absolute atomic E-state index is 14.3. The monoisotopic (exact) mass is 522 g/mol. The molecule has 4 aliphatic rings. The van der Waals surface area contributed by atoms with Crippen LogP contribution < -0.4 is 4.90 Å². The summed E-state index contributed by atoms with van der Waals surface area (Å²) < 4.78 is 43.0. The summed E-state index contributed by atoms with van der Waals surface area (Å²) in [5.41, 5.74) is 2.06. The largest absolute Gasteiger partial charge is 0.418 e. The summed E-state index contributed by atoms with van der Waals surface area (Å²) >= 11 is 0. The van der Waals surface area contributed by atoms with Crippen LogP contribution in [0, 0.1) is 0 Å². The van der Waals surface area contributed by atoms with E-state index in [-0.39, 0.29) is 17.2 Å². The molecule has 2 fully saturated rings. The van der Waals surface area contributed by atoms with E-state index in [4.69, 9.17) is 0 Å². The Hall–Kier alpha value is -3.33. The first-order valence-electron chi connectivity index (χ1n) is 13.4. The second-order valence-corrected chi connectivity index (χ2v) is 10.9. The smallest absolute Gasteiger partial charge is 0.301 e. The lowest BCUT2D eigenvalue weighted by Gasteiger charge is -2.42. The molecule has 2 aromatic rings. The van der Waals surface area contributed by atoms with Crippen molar-refractivity contribution in [1.29, 1.82) is 0 Å². The van der Waals surface area contributed by atoms with Gasteiger partial charge in [-0.15, -0.1) is 0 Å². The number of hydrogen-bond donors (Lipinski definition) is 1. The molecule has 1 unspecified atom stereocenters. The van der Waals surface area contributed by atoms with Gasteiger partial charge >= 0.3 is 6.18 Å². The lowest BCUT2D eigenvalue weighted by Crippen LogP contribution is -2.39. The van der Waals surface area contributed by atoms with Gasteiger partial charge in [0.15, 0.2) is 0 Å². The average Bonchev–Trinajstić information content (AvgIpc) is 3.53. The predicted molar refractivity (Wildman–Crippen MR) is 141 cm³/mol. The molecule has 1 atom stereocenters. The summed E-state index contributed by atoms with van der Waals surface area (Å²) in [5.74, 6) is 1.34. The summed E-state index contributed by atoms with van der Waals surface area (Å²) in [5, 5.41) is 6.96. The van der Waals surface area contributed by atoms with E-state index in [1.165, 1.54) is 18.8 Å². The number of halogens is 3. The second-order valence-electron chi connectivity index (χ2n) is 10.9. The van der Waals surface area contributed by atoms with Gasteiger partial charge in [-0.05, 0) is 75.0 Å². The van der Waals surface area contributed by atoms with Crippen molar-refractivity contribution in [1.82, 2.24) is 25.0 Å². The van der Waals surface area contributed by atoms with Crippen LogP contribution in [0.5, 0.6) is 0 Å². The highest BCUT2D eigenvalue weighted by Crippen LogP contribution is 2.48. The third kappa shape index (κ3) is 4.36. The maximum Gasteiger partial charge on any atom is 0.418 e. The third-order valence-electron chi connectivity index (χ3n) is 8.68. The Kier molecular flexibility index (Phi) is 6.21. The van der Waals surface area contributed by atoms with Crippen molar-refractivity contribution in [3.63, 3.8) is 0 Å². The Balaban J connectivity index is 1.32. The second kappa shape index (κ2) is 9.45. The highest BCUT2D eigenvalue weighted by molar-refractivity contribution is 5.64. The molecule has 9 heteroatoms. The normalized spacial score (nSPS) is 22.4. The fourth-order valence-corrected chi connectivity index (χ4v) is 6.27. The van der Waals surface area contributed by atoms with E-state index >= 15 is 0 Å². The van der Waals surface area contributed by atoms with Gasteiger partial charge in [0, 0.05) is 36.0 Å². The van der Waals surface area contributed by atoms with Crippen LogP contribution in [0.4, 0.5) is 18.9 Å². The predicted octanol–water partition coefficient (Wildman–Crippen LogP) is 6.16. The van der Waals surface area contributed by atoms with Crippen molar-refractivity contribution < 1.29 is 13.2 Å². The number of aromatic nitrogens is 3. The van der Waals surface area contributed by atoms with Crippen LogP contribution in [0.1, 0.15) is 56.8 Å². The molecule has 1 saturated heterocycles. The molecule has 1 saturated carbocycles. The van der Waals surface area contributed by atoms with E-state index < -0.39 is 11.7 Å². The van der Waals surface area contributed by atoms with Gasteiger partial charge in [-0.1, -0.05) is 31.6 Å². The molecule has 38 heavy (non-hydrogen) atoms. The van der Waals surface area contributed by atoms with Crippen LogP contribution in [-0.2, 0) is 11.8 Å². The van der Waals surface area contributed by atoms with Gasteiger partial charge in [-0.2, -0.15) is 18.3 Å². The van der Waals surface area contributed by atoms with Crippen molar-refractivity contribution in [2.75, 3.05) is 18.0 Å². The van der Waals surface area contributed by atoms with Gasteiger partial charge in [0.1, 0.15) is 18.0 Å². The number of benzene rings is 1. The molecule has 1 aromatic carbocycles. The van der Waals surface area contributed by atoms with Crippen LogP contribution in [0.3, 0.4) is 0 Å². The van der Waals surface area contributed by atoms with E-state index in [9.17, 15) is 13.2 Å². The minimum absolute atomic E-state index is 0.0508. The molecule has 200 valence electrons. The van der Waals surface area contributed by atoms with Crippen LogP contribution in [-0.4, -0.2) is 50.3 Å². The molecule has 1 aliphatic carbocycles. The fourth-order valence-electron chi connectivity index (χ4n) is 6.27. The van der Waals surface area contributed by atoms with E-state index in [2.05, 4.69) is 38.8 Å². The standard InChI is InChI=1S/C29H33F3N6/c1-20(36-12-4-3-5-13-36)22-14-25(29(30,31)32)26-18-37(21(2)38(26)17-22)24-9-6-8-23(15-24)28(10-7-11-28)16-27-33-19-34-35-27/h6,8-9,14-15,17-20H,2-5,7,10-13,16H2,1H3,(H,33,34,35). The number of piperidine rings is 1. The zero-order valence-corrected chi connectivity index (χ0v) is 21.6. The van der Waals surface area contributed by atoms with Crippen molar-refractivity contribution in [2.45, 2.75) is 69.5 Å². The number of hydrogen-bond acceptors (Lipinski definition) is 5. The summed E-state index contributed by atoms with van der Waals surface area (Å²) in [6, 6.07) is 8.01. The molecule has 6 rings (SSSR count). The number of rotatable bonds is 6. The van der Waals surface area contributed by atoms with Gasteiger partial charge in [-0.25, -0.2) is 4.98 Å². The molecule has 4 heterocycles. The Morgan fingerprint density at radius 1 is 1.08 bits per heavy atom. The first kappa shape index (κ1) is 25.0. The minimum atomic E-state index is -4.48. The number of fused-ring (bicyclic) bond motifs is 1. The highest BCUT2D eigenvalue weighted by Gasteiger charge is 2.44. The number of likely N-dealkylation sites (tertiary alicyclic amines) is 1. The number of allylic oxidation sites excluding steroid dienone is 1. The van der Waals surface area contributed by atoms with Gasteiger partial charge in [0.2, 0.25) is 0 Å². The van der Waals surface area contributed by atoms with Crippen LogP contribution in [0.25, 0.3) is 0 Å². The molecule has 3 aliphatic heterocycles. The van der Waals surface area contributed by atoms with Crippen molar-refractivity contribution in [3.8, 4) is 0 Å². The number of nitrogens with zero attached hydrogens (tertiary/aromatic N) is 5. The minimum Gasteiger partial charge on any atom is -0.301 e. The van der Waals surface area contributed by atoms with Crippen LogP contribution in [0.15, 0.2) is 78.3 Å². The van der Waals surface area contributed by atoms with Crippen LogP contribution >= 0.6 is 0 Å². The molecule has 0 spiro atoms. The van der Waals surface area contributed by atoms with Gasteiger partial charge in [-0.3, -0.25) is 10.00 Å². The zero-order valence-electron chi connectivity index (χ0n) is 21.6. The maximum atomic E-state index is 14.3. The van der Waals surface area contributed by atoms with Gasteiger partial charge in [0.25, 0.3) is 0 Å². The lowest BCUT2D eigenvalue weighted by molar-refractivity contribution is -0.0909. The third-order valence-corrected chi connectivity index (χ3v) is 8.68. The molecule has 1 N–H and O–H groups in total. The highest BCUT2D eigenvalue weighted by atomic mass is 19.4. The molecule has 6 nitrogen and oxygen atoms in total. The Morgan fingerprint density at radius 2 is 1.87 bits per heavy atom. The van der Waals surface area contributed by atoms with Gasteiger partial charge in [0.05, 0.1) is 11.3 Å². The lowest BCUT2D eigenvalue weighted by atomic mass is 9.62. The molecule has 0 radical (unpaired) electrons. The molecule has 1 aromatic heterocycles. The summed E-state index contributed by atoms with van der Waals surface area (Å²) in [6.07, 6.45) is 9.08. The van der Waals surface area contributed by atoms with Crippen LogP contribution in [0.2, 0.25) is 0 Å². The summed E-state index contributed by atoms with van der Waals surface area (Å²) in [7, 11) is 0. The first-order valence-corrected chi connectivity index (χ1v) is 13.4. The summed E-state index contributed by atoms with van der Waals surface area (Å²) in [6.45, 7) is 8.05. The van der Waals surface area contributed by atoms with E-state index in [0.29, 0.717) is 11.4 Å². The molecule has 0 amide bonds. The molecular weight excluding hydrogens is 489 g/mol. The molecule has 0 bridgehead atoms. The Bertz CT molecular complexity index is 1300. The zero-order chi connectivity index (χ0) is 26.5. The molecular formula is C29H33F3N6. The summed E-state index contributed by atoms with van der Waals surface area (Å²) in [4.78, 5) is 10.00. The number of aromatic amines is 1. The Labute approximate surface area is 221 Å².